The third-order valence-electron chi connectivity index (χ3n) is 5.55. The van der Waals surface area contributed by atoms with Crippen molar-refractivity contribution in [3.8, 4) is 0 Å². The van der Waals surface area contributed by atoms with Gasteiger partial charge in [-0.15, -0.1) is 0 Å². The summed E-state index contributed by atoms with van der Waals surface area (Å²) in [4.78, 5) is 29.4. The molecule has 25 heavy (non-hydrogen) atoms. The van der Waals surface area contributed by atoms with Crippen LogP contribution in [0, 0.1) is 0 Å². The third-order valence-corrected chi connectivity index (χ3v) is 5.55. The molecule has 3 aliphatic rings. The lowest BCUT2D eigenvalue weighted by Gasteiger charge is -2.42. The van der Waals surface area contributed by atoms with E-state index in [-0.39, 0.29) is 11.8 Å². The van der Waals surface area contributed by atoms with Crippen LogP contribution in [0.25, 0.3) is 0 Å². The zero-order valence-electron chi connectivity index (χ0n) is 14.6. The number of ether oxygens (including phenoxy) is 2. The van der Waals surface area contributed by atoms with Gasteiger partial charge in [0.1, 0.15) is 6.04 Å². The van der Waals surface area contributed by atoms with E-state index in [1.54, 1.807) is 4.90 Å². The van der Waals surface area contributed by atoms with Gasteiger partial charge in [0.2, 0.25) is 11.8 Å². The topological polar surface area (TPSA) is 59.1 Å². The third kappa shape index (κ3) is 2.83. The van der Waals surface area contributed by atoms with Crippen molar-refractivity contribution >= 4 is 11.8 Å². The fourth-order valence-corrected chi connectivity index (χ4v) is 4.19. The fourth-order valence-electron chi connectivity index (χ4n) is 4.19. The lowest BCUT2D eigenvalue weighted by atomic mass is 9.90. The van der Waals surface area contributed by atoms with Gasteiger partial charge in [0.15, 0.2) is 5.79 Å². The Hall–Kier alpha value is -1.92. The first-order chi connectivity index (χ1) is 12.1. The van der Waals surface area contributed by atoms with Crippen LogP contribution in [0.3, 0.4) is 0 Å². The minimum absolute atomic E-state index is 0.00944. The SMILES string of the molecule is CCN1C(=O)Cc2ccccc2[C@H]1C(=O)N1CCC2(CC1)OCCO2. The Morgan fingerprint density at radius 3 is 2.56 bits per heavy atom. The molecule has 1 aromatic carbocycles. The number of rotatable bonds is 2. The van der Waals surface area contributed by atoms with Gasteiger partial charge in [-0.25, -0.2) is 0 Å². The van der Waals surface area contributed by atoms with Gasteiger partial charge < -0.3 is 19.3 Å². The van der Waals surface area contributed by atoms with E-state index in [0.29, 0.717) is 52.1 Å². The average molecular weight is 344 g/mol. The van der Waals surface area contributed by atoms with E-state index in [0.717, 1.165) is 11.1 Å². The van der Waals surface area contributed by atoms with E-state index < -0.39 is 11.8 Å². The molecule has 2 fully saturated rings. The van der Waals surface area contributed by atoms with Crippen LogP contribution >= 0.6 is 0 Å². The first-order valence-electron chi connectivity index (χ1n) is 9.07. The number of benzene rings is 1. The number of likely N-dealkylation sites (tertiary alicyclic amines) is 1. The molecule has 6 nitrogen and oxygen atoms in total. The molecule has 0 bridgehead atoms. The molecular formula is C19H24N2O4. The van der Waals surface area contributed by atoms with Crippen molar-refractivity contribution in [3.63, 3.8) is 0 Å². The van der Waals surface area contributed by atoms with Crippen LogP contribution in [0.1, 0.15) is 36.9 Å². The maximum Gasteiger partial charge on any atom is 0.250 e. The second-order valence-corrected chi connectivity index (χ2v) is 6.89. The van der Waals surface area contributed by atoms with Crippen molar-refractivity contribution < 1.29 is 19.1 Å². The molecule has 0 radical (unpaired) electrons. The molecule has 0 saturated carbocycles. The Bertz CT molecular complexity index is 674. The zero-order valence-corrected chi connectivity index (χ0v) is 14.6. The summed E-state index contributed by atoms with van der Waals surface area (Å²) in [6.45, 7) is 4.92. The minimum atomic E-state index is -0.512. The number of carbonyl (C=O) groups excluding carboxylic acids is 2. The van der Waals surface area contributed by atoms with Crippen LogP contribution in [-0.2, 0) is 25.5 Å². The first kappa shape index (κ1) is 16.5. The lowest BCUT2D eigenvalue weighted by Crippen LogP contribution is -2.53. The zero-order chi connectivity index (χ0) is 17.4. The van der Waals surface area contributed by atoms with Gasteiger partial charge >= 0.3 is 0 Å². The minimum Gasteiger partial charge on any atom is -0.347 e. The van der Waals surface area contributed by atoms with Crippen LogP contribution in [0.4, 0.5) is 0 Å². The lowest BCUT2D eigenvalue weighted by molar-refractivity contribution is -0.189. The highest BCUT2D eigenvalue weighted by Gasteiger charge is 2.44. The van der Waals surface area contributed by atoms with Crippen molar-refractivity contribution in [2.45, 2.75) is 38.0 Å². The second-order valence-electron chi connectivity index (χ2n) is 6.89. The molecule has 2 amide bonds. The van der Waals surface area contributed by atoms with E-state index in [2.05, 4.69) is 0 Å². The quantitative estimate of drug-likeness (QED) is 0.816. The Morgan fingerprint density at radius 1 is 1.20 bits per heavy atom. The largest absolute Gasteiger partial charge is 0.347 e. The summed E-state index contributed by atoms with van der Waals surface area (Å²) >= 11 is 0. The van der Waals surface area contributed by atoms with Gasteiger partial charge in [-0.05, 0) is 18.1 Å². The number of nitrogens with zero attached hydrogens (tertiary/aromatic N) is 2. The van der Waals surface area contributed by atoms with Crippen LogP contribution < -0.4 is 0 Å². The van der Waals surface area contributed by atoms with Gasteiger partial charge in [0.25, 0.3) is 0 Å². The number of fused-ring (bicyclic) bond motifs is 1. The summed E-state index contributed by atoms with van der Waals surface area (Å²) in [6, 6.07) is 7.28. The molecule has 0 N–H and O–H groups in total. The molecule has 1 spiro atoms. The van der Waals surface area contributed by atoms with E-state index in [9.17, 15) is 9.59 Å². The van der Waals surface area contributed by atoms with Gasteiger partial charge in [-0.2, -0.15) is 0 Å². The molecular weight excluding hydrogens is 320 g/mol. The fraction of sp³-hybridized carbons (Fsp3) is 0.579. The van der Waals surface area contributed by atoms with E-state index in [4.69, 9.17) is 9.47 Å². The molecule has 0 unspecified atom stereocenters. The first-order valence-corrected chi connectivity index (χ1v) is 9.07. The summed E-state index contributed by atoms with van der Waals surface area (Å²) in [6.07, 6.45) is 1.75. The van der Waals surface area contributed by atoms with Crippen LogP contribution in [-0.4, -0.2) is 60.2 Å². The smallest absolute Gasteiger partial charge is 0.250 e. The molecule has 1 atom stereocenters. The van der Waals surface area contributed by atoms with Crippen molar-refractivity contribution in [2.75, 3.05) is 32.8 Å². The molecule has 0 aromatic heterocycles. The van der Waals surface area contributed by atoms with Gasteiger partial charge in [-0.3, -0.25) is 9.59 Å². The number of hydrogen-bond acceptors (Lipinski definition) is 4. The number of carbonyl (C=O) groups is 2. The van der Waals surface area contributed by atoms with E-state index in [1.165, 1.54) is 0 Å². The summed E-state index contributed by atoms with van der Waals surface area (Å²) in [5.41, 5.74) is 1.93. The Balaban J connectivity index is 1.57. The highest BCUT2D eigenvalue weighted by atomic mass is 16.7. The molecule has 4 rings (SSSR count). The molecule has 134 valence electrons. The molecule has 6 heteroatoms. The number of amides is 2. The molecule has 1 aromatic rings. The number of piperidine rings is 1. The van der Waals surface area contributed by atoms with Crippen molar-refractivity contribution in [2.24, 2.45) is 0 Å². The molecule has 3 aliphatic heterocycles. The average Bonchev–Trinajstić information content (AvgIpc) is 3.08. The van der Waals surface area contributed by atoms with Crippen molar-refractivity contribution in [1.82, 2.24) is 9.80 Å². The highest BCUT2D eigenvalue weighted by Crippen LogP contribution is 2.35. The Labute approximate surface area is 147 Å². The number of hydrogen-bond donors (Lipinski definition) is 0. The predicted molar refractivity (Wildman–Crippen MR) is 90.7 cm³/mol. The summed E-state index contributed by atoms with van der Waals surface area (Å²) < 4.78 is 11.5. The molecule has 2 saturated heterocycles. The second kappa shape index (κ2) is 6.42. The molecule has 0 aliphatic carbocycles. The van der Waals surface area contributed by atoms with Crippen LogP contribution in [0.15, 0.2) is 24.3 Å². The predicted octanol–water partition coefficient (Wildman–Crippen LogP) is 1.50. The van der Waals surface area contributed by atoms with Crippen LogP contribution in [0.5, 0.6) is 0 Å². The Kier molecular flexibility index (Phi) is 4.25. The maximum absolute atomic E-state index is 13.3. The standard InChI is InChI=1S/C19H24N2O4/c1-2-21-16(22)13-14-5-3-4-6-15(14)17(21)18(23)20-9-7-19(8-10-20)24-11-12-25-19/h3-6,17H,2,7-13H2,1H3/t17-/m0/s1. The van der Waals surface area contributed by atoms with Gasteiger partial charge in [-0.1, -0.05) is 24.3 Å². The monoisotopic (exact) mass is 344 g/mol. The maximum atomic E-state index is 13.3. The summed E-state index contributed by atoms with van der Waals surface area (Å²) in [5, 5.41) is 0. The summed E-state index contributed by atoms with van der Waals surface area (Å²) in [5.74, 6) is -0.465. The van der Waals surface area contributed by atoms with E-state index >= 15 is 0 Å². The van der Waals surface area contributed by atoms with Gasteiger partial charge in [0.05, 0.1) is 19.6 Å². The normalized spacial score (nSPS) is 25.3. The van der Waals surface area contributed by atoms with Crippen LogP contribution in [0.2, 0.25) is 0 Å². The summed E-state index contributed by atoms with van der Waals surface area (Å²) in [7, 11) is 0. The number of likely N-dealkylation sites (N-methyl/N-ethyl adjacent to an activating group) is 1. The van der Waals surface area contributed by atoms with E-state index in [1.807, 2.05) is 36.1 Å². The molecule has 3 heterocycles. The van der Waals surface area contributed by atoms with Crippen molar-refractivity contribution in [3.05, 3.63) is 35.4 Å². The van der Waals surface area contributed by atoms with Gasteiger partial charge in [0, 0.05) is 32.5 Å². The Morgan fingerprint density at radius 2 is 1.88 bits per heavy atom. The van der Waals surface area contributed by atoms with Crippen molar-refractivity contribution in [1.29, 1.82) is 0 Å². The highest BCUT2D eigenvalue weighted by molar-refractivity contribution is 5.92.